The maximum atomic E-state index is 5.64. The summed E-state index contributed by atoms with van der Waals surface area (Å²) in [5.74, 6) is -2.24. The molecule has 4 nitrogen and oxygen atoms in total. The molecule has 0 heterocycles. The first kappa shape index (κ1) is 17.3. The Kier molecular flexibility index (Phi) is 6.14. The van der Waals surface area contributed by atoms with Crippen molar-refractivity contribution in [2.45, 2.75) is 0 Å². The fraction of sp³-hybridized carbons (Fsp3) is 0.286. The van der Waals surface area contributed by atoms with Gasteiger partial charge in [-0.25, -0.2) is 0 Å². The van der Waals surface area contributed by atoms with E-state index in [0.717, 1.165) is 21.4 Å². The van der Waals surface area contributed by atoms with Crippen molar-refractivity contribution in [2.75, 3.05) is 28.4 Å². The third-order valence-electron chi connectivity index (χ3n) is 3.16. The van der Waals surface area contributed by atoms with Gasteiger partial charge in [0.1, 0.15) is 0 Å². The van der Waals surface area contributed by atoms with Crippen LogP contribution in [0.1, 0.15) is 0 Å². The van der Waals surface area contributed by atoms with Gasteiger partial charge < -0.3 is 0 Å². The van der Waals surface area contributed by atoms with E-state index >= 15 is 0 Å². The minimum absolute atomic E-state index is 1.02. The van der Waals surface area contributed by atoms with Gasteiger partial charge in [0.15, 0.2) is 0 Å². The normalized spacial score (nSPS) is 12.2. The van der Waals surface area contributed by atoms with Crippen molar-refractivity contribution >= 4 is 50.8 Å². The molecule has 0 bridgehead atoms. The minimum atomic E-state index is -2.24. The molecule has 0 saturated heterocycles. The standard InChI is InChI=1S/C14H18O4P2Se/c1-15-19(16-2)12-9-5-7-11-8-6-10-13(14(11)12)20(21,17-3)18-4/h5-10H,1-4H3. The van der Waals surface area contributed by atoms with E-state index in [-0.39, 0.29) is 0 Å². The third-order valence-corrected chi connectivity index (χ3v) is 9.63. The van der Waals surface area contributed by atoms with Crippen LogP contribution in [0.15, 0.2) is 36.4 Å². The zero-order chi connectivity index (χ0) is 15.5. The third kappa shape index (κ3) is 3.32. The first-order valence-corrected chi connectivity index (χ1v) is 11.2. The van der Waals surface area contributed by atoms with Gasteiger partial charge in [0, 0.05) is 0 Å². The van der Waals surface area contributed by atoms with Gasteiger partial charge in [-0.05, 0) is 0 Å². The van der Waals surface area contributed by atoms with Crippen LogP contribution in [0.2, 0.25) is 0 Å². The van der Waals surface area contributed by atoms with Crippen LogP contribution < -0.4 is 10.6 Å². The molecule has 21 heavy (non-hydrogen) atoms. The summed E-state index contributed by atoms with van der Waals surface area (Å²) >= 11 is 3.09. The summed E-state index contributed by atoms with van der Waals surface area (Å²) in [6.45, 7) is 0. The Labute approximate surface area is 134 Å². The molecule has 0 aliphatic carbocycles. The number of fused-ring (bicyclic) bond motifs is 1. The summed E-state index contributed by atoms with van der Waals surface area (Å²) in [5.41, 5.74) is 0. The second-order valence-corrected chi connectivity index (χ2v) is 11.1. The molecule has 7 heteroatoms. The molecule has 0 saturated carbocycles. The fourth-order valence-electron chi connectivity index (χ4n) is 2.22. The van der Waals surface area contributed by atoms with Crippen LogP contribution in [-0.4, -0.2) is 43.5 Å². The molecule has 0 amide bonds. The van der Waals surface area contributed by atoms with Crippen LogP contribution in [0.25, 0.3) is 10.8 Å². The number of rotatable bonds is 6. The van der Waals surface area contributed by atoms with Gasteiger partial charge in [-0.1, -0.05) is 0 Å². The molecule has 0 unspecified atom stereocenters. The monoisotopic (exact) mass is 392 g/mol. The van der Waals surface area contributed by atoms with E-state index in [4.69, 9.17) is 18.1 Å². The van der Waals surface area contributed by atoms with E-state index in [2.05, 4.69) is 27.2 Å². The Bertz CT molecular complexity index is 660. The summed E-state index contributed by atoms with van der Waals surface area (Å²) in [4.78, 5) is 0. The Morgan fingerprint density at radius 2 is 1.48 bits per heavy atom. The van der Waals surface area contributed by atoms with Gasteiger partial charge in [-0.15, -0.1) is 0 Å². The molecule has 0 aliphatic heterocycles. The summed E-state index contributed by atoms with van der Waals surface area (Å²) in [6.07, 6.45) is 0. The first-order chi connectivity index (χ1) is 10.1. The van der Waals surface area contributed by atoms with Crippen LogP contribution in [0, 0.1) is 0 Å². The summed E-state index contributed by atoms with van der Waals surface area (Å²) in [6, 6.07) is 12.2. The van der Waals surface area contributed by atoms with Crippen molar-refractivity contribution in [2.24, 2.45) is 0 Å². The molecule has 0 radical (unpaired) electrons. The van der Waals surface area contributed by atoms with Crippen molar-refractivity contribution in [3.63, 3.8) is 0 Å². The fourth-order valence-corrected chi connectivity index (χ4v) is 5.79. The van der Waals surface area contributed by atoms with Crippen molar-refractivity contribution in [3.8, 4) is 0 Å². The molecule has 0 atom stereocenters. The quantitative estimate of drug-likeness (QED) is 0.561. The molecule has 0 aliphatic rings. The van der Waals surface area contributed by atoms with Crippen LogP contribution in [-0.2, 0) is 18.1 Å². The second-order valence-electron chi connectivity index (χ2n) is 4.14. The predicted molar refractivity (Wildman–Crippen MR) is 90.8 cm³/mol. The molecule has 2 aromatic rings. The van der Waals surface area contributed by atoms with E-state index in [1.165, 1.54) is 0 Å². The molecule has 0 N–H and O–H groups in total. The van der Waals surface area contributed by atoms with Crippen molar-refractivity contribution in [3.05, 3.63) is 36.4 Å². The molecular formula is C14H18O4P2Se. The van der Waals surface area contributed by atoms with Gasteiger partial charge in [0.25, 0.3) is 0 Å². The Hall–Kier alpha value is -0.0805. The Balaban J connectivity index is 2.81. The zero-order valence-electron chi connectivity index (χ0n) is 12.4. The summed E-state index contributed by atoms with van der Waals surface area (Å²) in [5, 5.41) is 4.23. The molecule has 2 rings (SSSR count). The van der Waals surface area contributed by atoms with E-state index in [1.807, 2.05) is 24.3 Å². The maximum absolute atomic E-state index is 5.64. The van der Waals surface area contributed by atoms with Gasteiger partial charge in [0.05, 0.1) is 0 Å². The van der Waals surface area contributed by atoms with Crippen LogP contribution in [0.4, 0.5) is 0 Å². The summed E-state index contributed by atoms with van der Waals surface area (Å²) < 4.78 is 22.3. The van der Waals surface area contributed by atoms with Crippen molar-refractivity contribution < 1.29 is 18.1 Å². The Morgan fingerprint density at radius 1 is 0.905 bits per heavy atom. The topological polar surface area (TPSA) is 36.9 Å². The van der Waals surface area contributed by atoms with E-state index in [1.54, 1.807) is 28.4 Å². The molecule has 0 aromatic heterocycles. The van der Waals surface area contributed by atoms with E-state index < -0.39 is 14.3 Å². The molecule has 114 valence electrons. The Morgan fingerprint density at radius 3 is 2.00 bits per heavy atom. The number of benzene rings is 2. The van der Waals surface area contributed by atoms with Gasteiger partial charge in [0.2, 0.25) is 0 Å². The van der Waals surface area contributed by atoms with E-state index in [0.29, 0.717) is 0 Å². The second kappa shape index (κ2) is 7.46. The van der Waals surface area contributed by atoms with Gasteiger partial charge in [-0.3, -0.25) is 0 Å². The molecule has 2 aromatic carbocycles. The summed E-state index contributed by atoms with van der Waals surface area (Å²) in [7, 11) is 5.50. The SMILES string of the molecule is COP(OC)c1cccc2cccc(P(=[Se])(OC)OC)c12. The molecule has 0 fully saturated rings. The molecular weight excluding hydrogens is 373 g/mol. The predicted octanol–water partition coefficient (Wildman–Crippen LogP) is 2.92. The average Bonchev–Trinajstić information content (AvgIpc) is 2.55. The molecule has 0 spiro atoms. The van der Waals surface area contributed by atoms with Crippen LogP contribution >= 0.6 is 14.3 Å². The van der Waals surface area contributed by atoms with Gasteiger partial charge >= 0.3 is 134 Å². The van der Waals surface area contributed by atoms with E-state index in [9.17, 15) is 0 Å². The number of hydrogen-bond donors (Lipinski definition) is 0. The van der Waals surface area contributed by atoms with Crippen LogP contribution in [0.5, 0.6) is 0 Å². The van der Waals surface area contributed by atoms with Gasteiger partial charge in [-0.2, -0.15) is 0 Å². The zero-order valence-corrected chi connectivity index (χ0v) is 15.9. The van der Waals surface area contributed by atoms with Crippen LogP contribution in [0.3, 0.4) is 0 Å². The first-order valence-electron chi connectivity index (χ1n) is 6.23. The average molecular weight is 391 g/mol. The van der Waals surface area contributed by atoms with Crippen molar-refractivity contribution in [1.82, 2.24) is 0 Å². The van der Waals surface area contributed by atoms with Crippen molar-refractivity contribution in [1.29, 1.82) is 0 Å². The number of hydrogen-bond acceptors (Lipinski definition) is 4.